The quantitative estimate of drug-likeness (QED) is 0.772. The van der Waals surface area contributed by atoms with E-state index in [0.717, 1.165) is 0 Å². The summed E-state index contributed by atoms with van der Waals surface area (Å²) in [4.78, 5) is 25.6. The number of nitrogens with zero attached hydrogens (tertiary/aromatic N) is 1. The molecule has 2 aromatic rings. The molecule has 0 spiro atoms. The Kier molecular flexibility index (Phi) is 7.16. The third-order valence-electron chi connectivity index (χ3n) is 4.02. The summed E-state index contributed by atoms with van der Waals surface area (Å²) in [5.74, 6) is -0.107. The molecule has 0 saturated heterocycles. The summed E-state index contributed by atoms with van der Waals surface area (Å²) in [6.07, 6.45) is 0.558. The van der Waals surface area contributed by atoms with Gasteiger partial charge in [0.15, 0.2) is 11.6 Å². The van der Waals surface area contributed by atoms with Crippen LogP contribution < -0.4 is 14.8 Å². The molecule has 2 amide bonds. The second-order valence-electron chi connectivity index (χ2n) is 6.00. The van der Waals surface area contributed by atoms with E-state index in [1.54, 1.807) is 44.5 Å². The van der Waals surface area contributed by atoms with Crippen molar-refractivity contribution in [2.45, 2.75) is 12.8 Å². The molecular weight excluding hydrogens is 351 g/mol. The predicted molar refractivity (Wildman–Crippen MR) is 101 cm³/mol. The van der Waals surface area contributed by atoms with Gasteiger partial charge in [-0.3, -0.25) is 9.59 Å². The summed E-state index contributed by atoms with van der Waals surface area (Å²) >= 11 is 0. The molecule has 27 heavy (non-hydrogen) atoms. The van der Waals surface area contributed by atoms with Crippen LogP contribution in [0.15, 0.2) is 42.5 Å². The van der Waals surface area contributed by atoms with Crippen molar-refractivity contribution < 1.29 is 23.5 Å². The number of hydrogen-bond acceptors (Lipinski definition) is 4. The zero-order valence-electron chi connectivity index (χ0n) is 15.6. The molecule has 2 aromatic carbocycles. The lowest BCUT2D eigenvalue weighted by Gasteiger charge is -2.17. The molecule has 0 atom stereocenters. The van der Waals surface area contributed by atoms with E-state index in [1.807, 2.05) is 0 Å². The number of methoxy groups -OCH3 is 2. The monoisotopic (exact) mass is 374 g/mol. The zero-order chi connectivity index (χ0) is 19.8. The molecule has 0 saturated carbocycles. The number of likely N-dealkylation sites (N-methyl/N-ethyl adjacent to an activating group) is 1. The van der Waals surface area contributed by atoms with Gasteiger partial charge in [-0.05, 0) is 48.4 Å². The van der Waals surface area contributed by atoms with Crippen molar-refractivity contribution in [2.24, 2.45) is 0 Å². The maximum Gasteiger partial charge on any atom is 0.243 e. The first-order valence-corrected chi connectivity index (χ1v) is 8.43. The molecule has 144 valence electrons. The average Bonchev–Trinajstić information content (AvgIpc) is 2.66. The Morgan fingerprint density at radius 3 is 2.37 bits per heavy atom. The lowest BCUT2D eigenvalue weighted by Crippen LogP contribution is -2.35. The first-order valence-electron chi connectivity index (χ1n) is 8.43. The number of ether oxygens (including phenoxy) is 2. The summed E-state index contributed by atoms with van der Waals surface area (Å²) in [5.41, 5.74) is 1.31. The van der Waals surface area contributed by atoms with Crippen LogP contribution in [-0.2, 0) is 16.0 Å². The Morgan fingerprint density at radius 1 is 1.07 bits per heavy atom. The minimum Gasteiger partial charge on any atom is -0.497 e. The second kappa shape index (κ2) is 9.56. The van der Waals surface area contributed by atoms with Crippen molar-refractivity contribution in [3.63, 3.8) is 0 Å². The van der Waals surface area contributed by atoms with Crippen LogP contribution in [-0.4, -0.2) is 44.5 Å². The normalized spacial score (nSPS) is 10.2. The lowest BCUT2D eigenvalue weighted by molar-refractivity contribution is -0.133. The Hall–Kier alpha value is -3.09. The van der Waals surface area contributed by atoms with Gasteiger partial charge in [0.2, 0.25) is 11.8 Å². The molecule has 0 aliphatic rings. The number of carbonyl (C=O) groups excluding carboxylic acids is 2. The number of anilines is 1. The number of hydrogen-bond donors (Lipinski definition) is 1. The molecule has 0 aliphatic carbocycles. The topological polar surface area (TPSA) is 67.9 Å². The van der Waals surface area contributed by atoms with Crippen LogP contribution in [0.1, 0.15) is 12.0 Å². The van der Waals surface area contributed by atoms with Crippen molar-refractivity contribution in [1.29, 1.82) is 0 Å². The van der Waals surface area contributed by atoms with Crippen LogP contribution in [0, 0.1) is 5.82 Å². The maximum absolute atomic E-state index is 13.7. The van der Waals surface area contributed by atoms with Gasteiger partial charge < -0.3 is 19.7 Å². The van der Waals surface area contributed by atoms with Gasteiger partial charge in [-0.1, -0.05) is 6.07 Å². The fourth-order valence-corrected chi connectivity index (χ4v) is 2.49. The number of rotatable bonds is 8. The van der Waals surface area contributed by atoms with Gasteiger partial charge in [0.25, 0.3) is 0 Å². The second-order valence-corrected chi connectivity index (χ2v) is 6.00. The molecule has 6 nitrogen and oxygen atoms in total. The van der Waals surface area contributed by atoms with E-state index in [0.29, 0.717) is 23.4 Å². The molecule has 0 aromatic heterocycles. The van der Waals surface area contributed by atoms with Gasteiger partial charge in [-0.15, -0.1) is 0 Å². The molecule has 0 heterocycles. The van der Waals surface area contributed by atoms with Crippen LogP contribution in [0.4, 0.5) is 10.1 Å². The smallest absolute Gasteiger partial charge is 0.243 e. The molecule has 0 fully saturated rings. The van der Waals surface area contributed by atoms with Crippen molar-refractivity contribution >= 4 is 17.5 Å². The van der Waals surface area contributed by atoms with Gasteiger partial charge in [0.1, 0.15) is 5.75 Å². The van der Waals surface area contributed by atoms with E-state index in [1.165, 1.54) is 24.1 Å². The van der Waals surface area contributed by atoms with Crippen molar-refractivity contribution in [3.05, 3.63) is 53.8 Å². The average molecular weight is 374 g/mol. The minimum atomic E-state index is -0.463. The summed E-state index contributed by atoms with van der Waals surface area (Å²) in [6, 6.07) is 11.5. The standard InChI is InChI=1S/C20H23FN2O4/c1-23(13-19(24)22-15-6-8-16(26-2)9-7-15)20(25)11-5-14-4-10-18(27-3)17(21)12-14/h4,6-10,12H,5,11,13H2,1-3H3,(H,22,24). The fraction of sp³-hybridized carbons (Fsp3) is 0.300. The first kappa shape index (κ1) is 20.2. The van der Waals surface area contributed by atoms with Crippen LogP contribution >= 0.6 is 0 Å². The highest BCUT2D eigenvalue weighted by atomic mass is 19.1. The molecule has 7 heteroatoms. The number of halogens is 1. The molecule has 1 N–H and O–H groups in total. The Morgan fingerprint density at radius 2 is 1.78 bits per heavy atom. The summed E-state index contributed by atoms with van der Waals surface area (Å²) in [7, 11) is 4.52. The number of carbonyl (C=O) groups is 2. The lowest BCUT2D eigenvalue weighted by atomic mass is 10.1. The highest BCUT2D eigenvalue weighted by Gasteiger charge is 2.14. The van der Waals surface area contributed by atoms with Gasteiger partial charge in [0, 0.05) is 19.2 Å². The number of nitrogens with one attached hydrogen (secondary N) is 1. The first-order chi connectivity index (χ1) is 12.9. The van der Waals surface area contributed by atoms with E-state index in [4.69, 9.17) is 9.47 Å². The molecule has 0 radical (unpaired) electrons. The Bertz CT molecular complexity index is 793. The van der Waals surface area contributed by atoms with E-state index >= 15 is 0 Å². The van der Waals surface area contributed by atoms with Gasteiger partial charge in [0.05, 0.1) is 20.8 Å². The number of benzene rings is 2. The molecule has 2 rings (SSSR count). The highest BCUT2D eigenvalue weighted by molar-refractivity contribution is 5.94. The van der Waals surface area contributed by atoms with Crippen molar-refractivity contribution in [2.75, 3.05) is 33.1 Å². The maximum atomic E-state index is 13.7. The van der Waals surface area contributed by atoms with E-state index < -0.39 is 5.82 Å². The Balaban J connectivity index is 1.81. The molecule has 0 bridgehead atoms. The van der Waals surface area contributed by atoms with Crippen LogP contribution in [0.25, 0.3) is 0 Å². The highest BCUT2D eigenvalue weighted by Crippen LogP contribution is 2.19. The minimum absolute atomic E-state index is 0.0676. The molecular formula is C20H23FN2O4. The van der Waals surface area contributed by atoms with Gasteiger partial charge >= 0.3 is 0 Å². The third-order valence-corrected chi connectivity index (χ3v) is 4.02. The van der Waals surface area contributed by atoms with E-state index in [-0.39, 0.29) is 30.5 Å². The fourth-order valence-electron chi connectivity index (χ4n) is 2.49. The summed E-state index contributed by atoms with van der Waals surface area (Å²) < 4.78 is 23.6. The van der Waals surface area contributed by atoms with Crippen LogP contribution in [0.3, 0.4) is 0 Å². The zero-order valence-corrected chi connectivity index (χ0v) is 15.6. The third kappa shape index (κ3) is 5.99. The predicted octanol–water partition coefficient (Wildman–Crippen LogP) is 2.87. The van der Waals surface area contributed by atoms with Crippen LogP contribution in [0.5, 0.6) is 11.5 Å². The van der Waals surface area contributed by atoms with Gasteiger partial charge in [-0.25, -0.2) is 4.39 Å². The van der Waals surface area contributed by atoms with Crippen LogP contribution in [0.2, 0.25) is 0 Å². The van der Waals surface area contributed by atoms with Crippen molar-refractivity contribution in [3.8, 4) is 11.5 Å². The van der Waals surface area contributed by atoms with Gasteiger partial charge in [-0.2, -0.15) is 0 Å². The number of amides is 2. The SMILES string of the molecule is COc1ccc(NC(=O)CN(C)C(=O)CCc2ccc(OC)c(F)c2)cc1. The summed E-state index contributed by atoms with van der Waals surface area (Å²) in [6.45, 7) is -0.0676. The van der Waals surface area contributed by atoms with E-state index in [2.05, 4.69) is 5.32 Å². The van der Waals surface area contributed by atoms with E-state index in [9.17, 15) is 14.0 Å². The Labute approximate surface area is 157 Å². The largest absolute Gasteiger partial charge is 0.497 e. The molecule has 0 unspecified atom stereocenters. The number of aryl methyl sites for hydroxylation is 1. The molecule has 0 aliphatic heterocycles. The van der Waals surface area contributed by atoms with Crippen molar-refractivity contribution in [1.82, 2.24) is 4.90 Å². The summed E-state index contributed by atoms with van der Waals surface area (Å²) in [5, 5.41) is 2.72.